The lowest BCUT2D eigenvalue weighted by Crippen LogP contribution is -2.40. The average molecular weight is 561 g/mol. The molecular weight excluding hydrogens is 536 g/mol. The number of nitrogens with zero attached hydrogens (tertiary/aromatic N) is 2. The molecule has 0 N–H and O–H groups in total. The molecule has 4 aromatic rings. The summed E-state index contributed by atoms with van der Waals surface area (Å²) < 4.78 is 18.5. The monoisotopic (exact) mass is 560 g/mol. The van der Waals surface area contributed by atoms with Gasteiger partial charge in [-0.1, -0.05) is 77.5 Å². The van der Waals surface area contributed by atoms with E-state index in [9.17, 15) is 9.59 Å². The van der Waals surface area contributed by atoms with Gasteiger partial charge < -0.3 is 14.2 Å². The van der Waals surface area contributed by atoms with E-state index in [1.54, 1.807) is 38.3 Å². The molecule has 2 heterocycles. The van der Waals surface area contributed by atoms with Gasteiger partial charge in [0, 0.05) is 10.6 Å². The lowest BCUT2D eigenvalue weighted by atomic mass is 9.93. The van der Waals surface area contributed by atoms with Crippen LogP contribution in [-0.2, 0) is 9.53 Å². The van der Waals surface area contributed by atoms with E-state index in [2.05, 4.69) is 0 Å². The van der Waals surface area contributed by atoms with Crippen molar-refractivity contribution in [3.05, 3.63) is 120 Å². The molecular formula is C30H25ClN2O5S. The Morgan fingerprint density at radius 2 is 1.74 bits per heavy atom. The van der Waals surface area contributed by atoms with Crippen LogP contribution in [0.15, 0.2) is 88.2 Å². The van der Waals surface area contributed by atoms with Crippen molar-refractivity contribution in [3.63, 3.8) is 0 Å². The van der Waals surface area contributed by atoms with Crippen molar-refractivity contribution in [2.75, 3.05) is 20.8 Å². The van der Waals surface area contributed by atoms with Gasteiger partial charge in [0.05, 0.1) is 42.7 Å². The van der Waals surface area contributed by atoms with Crippen molar-refractivity contribution in [2.45, 2.75) is 13.0 Å². The van der Waals surface area contributed by atoms with Gasteiger partial charge >= 0.3 is 5.97 Å². The number of hydrogen-bond donors (Lipinski definition) is 0. The third kappa shape index (κ3) is 5.01. The predicted molar refractivity (Wildman–Crippen MR) is 152 cm³/mol. The number of aromatic nitrogens is 1. The van der Waals surface area contributed by atoms with Gasteiger partial charge in [0.2, 0.25) is 0 Å². The number of rotatable bonds is 7. The Morgan fingerprint density at radius 3 is 2.44 bits per heavy atom. The molecule has 1 atom stereocenters. The topological polar surface area (TPSA) is 79.1 Å². The summed E-state index contributed by atoms with van der Waals surface area (Å²) in [5.74, 6) is 0.437. The second kappa shape index (κ2) is 11.3. The first-order chi connectivity index (χ1) is 19.0. The fourth-order valence-corrected chi connectivity index (χ4v) is 5.69. The van der Waals surface area contributed by atoms with Crippen LogP contribution in [0.4, 0.5) is 0 Å². The van der Waals surface area contributed by atoms with Crippen LogP contribution in [0.25, 0.3) is 11.8 Å². The summed E-state index contributed by atoms with van der Waals surface area (Å²) in [6.45, 7) is 1.91. The van der Waals surface area contributed by atoms with Crippen molar-refractivity contribution >= 4 is 40.7 Å². The summed E-state index contributed by atoms with van der Waals surface area (Å²) in [4.78, 5) is 32.8. The maximum atomic E-state index is 14.0. The van der Waals surface area contributed by atoms with Crippen LogP contribution >= 0.6 is 22.9 Å². The average Bonchev–Trinajstić information content (AvgIpc) is 3.27. The lowest BCUT2D eigenvalue weighted by Gasteiger charge is -2.26. The number of fused-ring (bicyclic) bond motifs is 1. The zero-order valence-corrected chi connectivity index (χ0v) is 23.1. The summed E-state index contributed by atoms with van der Waals surface area (Å²) in [6.07, 6.45) is 1.74. The zero-order valence-electron chi connectivity index (χ0n) is 21.5. The van der Waals surface area contributed by atoms with Gasteiger partial charge in [0.1, 0.15) is 0 Å². The fourth-order valence-electron chi connectivity index (χ4n) is 4.51. The molecule has 0 bridgehead atoms. The highest BCUT2D eigenvalue weighted by Gasteiger charge is 2.35. The first-order valence-corrected chi connectivity index (χ1v) is 13.4. The van der Waals surface area contributed by atoms with Crippen LogP contribution in [-0.4, -0.2) is 31.4 Å². The Kier molecular flexibility index (Phi) is 7.67. The fraction of sp³-hybridized carbons (Fsp3) is 0.167. The van der Waals surface area contributed by atoms with Crippen molar-refractivity contribution < 1.29 is 19.0 Å². The van der Waals surface area contributed by atoms with Gasteiger partial charge in [-0.05, 0) is 42.3 Å². The Balaban J connectivity index is 1.86. The van der Waals surface area contributed by atoms with E-state index in [-0.39, 0.29) is 17.7 Å². The molecule has 0 saturated heterocycles. The third-order valence-electron chi connectivity index (χ3n) is 6.29. The van der Waals surface area contributed by atoms with Crippen molar-refractivity contribution in [3.8, 4) is 11.5 Å². The van der Waals surface area contributed by atoms with Crippen LogP contribution in [0.3, 0.4) is 0 Å². The van der Waals surface area contributed by atoms with Gasteiger partial charge in [0.25, 0.3) is 5.56 Å². The normalized spacial score (nSPS) is 15.0. The molecule has 5 rings (SSSR count). The third-order valence-corrected chi connectivity index (χ3v) is 7.62. The predicted octanol–water partition coefficient (Wildman–Crippen LogP) is 4.61. The Hall–Kier alpha value is -4.14. The van der Waals surface area contributed by atoms with E-state index >= 15 is 0 Å². The highest BCUT2D eigenvalue weighted by atomic mass is 35.5. The minimum Gasteiger partial charge on any atom is -0.493 e. The Bertz CT molecular complexity index is 1760. The molecule has 3 aromatic carbocycles. The van der Waals surface area contributed by atoms with Gasteiger partial charge in [-0.25, -0.2) is 9.79 Å². The Morgan fingerprint density at radius 1 is 1.03 bits per heavy atom. The zero-order chi connectivity index (χ0) is 27.5. The van der Waals surface area contributed by atoms with E-state index in [4.69, 9.17) is 30.8 Å². The van der Waals surface area contributed by atoms with Gasteiger partial charge in [-0.3, -0.25) is 9.36 Å². The number of methoxy groups -OCH3 is 2. The van der Waals surface area contributed by atoms with E-state index in [0.717, 1.165) is 5.56 Å². The molecule has 1 aliphatic heterocycles. The number of ether oxygens (including phenoxy) is 3. The molecule has 1 aliphatic rings. The summed E-state index contributed by atoms with van der Waals surface area (Å²) in [5.41, 5.74) is 2.48. The minimum atomic E-state index is -0.830. The van der Waals surface area contributed by atoms with Gasteiger partial charge in [0.15, 0.2) is 16.3 Å². The number of carbonyl (C=O) groups is 1. The quantitative estimate of drug-likeness (QED) is 0.309. The van der Waals surface area contributed by atoms with E-state index in [0.29, 0.717) is 42.7 Å². The molecule has 1 aromatic heterocycles. The maximum Gasteiger partial charge on any atom is 0.338 e. The standard InChI is InChI=1S/C30H25ClN2O5S/c1-4-38-29(35)25-26(18-10-6-5-7-11-18)32-30-33(27(25)20-14-15-22(36-2)23(16-20)37-3)28(34)24(39-30)17-19-12-8-9-13-21(19)31/h5-17,27H,4H2,1-3H3/b24-17+/t27-/m0/s1. The van der Waals surface area contributed by atoms with Crippen molar-refractivity contribution in [1.82, 2.24) is 4.57 Å². The molecule has 0 radical (unpaired) electrons. The lowest BCUT2D eigenvalue weighted by molar-refractivity contribution is -0.138. The van der Waals surface area contributed by atoms with Crippen LogP contribution < -0.4 is 24.4 Å². The smallest absolute Gasteiger partial charge is 0.338 e. The van der Waals surface area contributed by atoms with E-state index in [1.165, 1.54) is 23.0 Å². The first kappa shape index (κ1) is 26.5. The number of carbonyl (C=O) groups excluding carboxylic acids is 1. The highest BCUT2D eigenvalue weighted by Crippen LogP contribution is 2.38. The van der Waals surface area contributed by atoms with Crippen LogP contribution in [0.2, 0.25) is 5.02 Å². The number of esters is 1. The highest BCUT2D eigenvalue weighted by molar-refractivity contribution is 7.07. The Labute approximate surface area is 233 Å². The second-order valence-electron chi connectivity index (χ2n) is 8.57. The van der Waals surface area contributed by atoms with E-state index < -0.39 is 12.0 Å². The van der Waals surface area contributed by atoms with Crippen molar-refractivity contribution in [2.24, 2.45) is 4.99 Å². The molecule has 0 amide bonds. The number of benzene rings is 3. The van der Waals surface area contributed by atoms with Crippen molar-refractivity contribution in [1.29, 1.82) is 0 Å². The molecule has 198 valence electrons. The largest absolute Gasteiger partial charge is 0.493 e. The van der Waals surface area contributed by atoms with Gasteiger partial charge in [-0.15, -0.1) is 0 Å². The number of thiazole rings is 1. The molecule has 7 nitrogen and oxygen atoms in total. The second-order valence-corrected chi connectivity index (χ2v) is 9.98. The summed E-state index contributed by atoms with van der Waals surface area (Å²) in [7, 11) is 3.08. The summed E-state index contributed by atoms with van der Waals surface area (Å²) >= 11 is 7.62. The first-order valence-electron chi connectivity index (χ1n) is 12.2. The molecule has 0 saturated carbocycles. The molecule has 9 heteroatoms. The van der Waals surface area contributed by atoms with Crippen LogP contribution in [0, 0.1) is 0 Å². The van der Waals surface area contributed by atoms with Crippen LogP contribution in [0.1, 0.15) is 29.7 Å². The molecule has 39 heavy (non-hydrogen) atoms. The molecule has 0 aliphatic carbocycles. The maximum absolute atomic E-state index is 14.0. The van der Waals surface area contributed by atoms with E-state index in [1.807, 2.05) is 54.6 Å². The summed E-state index contributed by atoms with van der Waals surface area (Å²) in [6, 6.07) is 21.2. The molecule has 0 spiro atoms. The SMILES string of the molecule is CCOC(=O)C1=C(c2ccccc2)N=c2s/c(=C/c3ccccc3Cl)c(=O)n2[C@H]1c1ccc(OC)c(OC)c1. The van der Waals surface area contributed by atoms with Crippen LogP contribution in [0.5, 0.6) is 11.5 Å². The number of hydrogen-bond acceptors (Lipinski definition) is 7. The molecule has 0 fully saturated rings. The minimum absolute atomic E-state index is 0.167. The summed E-state index contributed by atoms with van der Waals surface area (Å²) in [5, 5.41) is 0.525. The molecule has 0 unspecified atom stereocenters. The number of halogens is 1. The van der Waals surface area contributed by atoms with Gasteiger partial charge in [-0.2, -0.15) is 0 Å².